The van der Waals surface area contributed by atoms with Gasteiger partial charge < -0.3 is 10.0 Å². The van der Waals surface area contributed by atoms with Gasteiger partial charge in [0.25, 0.3) is 5.91 Å². The molecule has 3 rings (SSSR count). The molecule has 1 N–H and O–H groups in total. The largest absolute Gasteiger partial charge is 0.394 e. The molecule has 5 nitrogen and oxygen atoms in total. The molecule has 25 heavy (non-hydrogen) atoms. The minimum Gasteiger partial charge on any atom is -0.394 e. The number of benzene rings is 1. The van der Waals surface area contributed by atoms with E-state index < -0.39 is 12.1 Å². The average Bonchev–Trinajstić information content (AvgIpc) is 2.64. The number of allylic oxidation sites excluding steroid dienone is 1. The van der Waals surface area contributed by atoms with Gasteiger partial charge in [-0.3, -0.25) is 9.78 Å². The lowest BCUT2D eigenvalue weighted by Crippen LogP contribution is -2.65. The van der Waals surface area contributed by atoms with Crippen molar-refractivity contribution < 1.29 is 9.90 Å². The maximum absolute atomic E-state index is 12.8. The first-order valence-electron chi connectivity index (χ1n) is 8.17. The highest BCUT2D eigenvalue weighted by atomic mass is 16.3. The molecule has 1 aromatic carbocycles. The number of aliphatic hydroxyl groups excluding tert-OH is 1. The van der Waals surface area contributed by atoms with Gasteiger partial charge in [0.2, 0.25) is 0 Å². The Kier molecular flexibility index (Phi) is 4.92. The number of nitriles is 1. The molecule has 0 unspecified atom stereocenters. The van der Waals surface area contributed by atoms with Crippen LogP contribution in [0.4, 0.5) is 0 Å². The highest BCUT2D eigenvalue weighted by Gasteiger charge is 2.52. The van der Waals surface area contributed by atoms with Gasteiger partial charge in [-0.05, 0) is 30.2 Å². The van der Waals surface area contributed by atoms with Crippen LogP contribution in [0.15, 0.2) is 54.9 Å². The summed E-state index contributed by atoms with van der Waals surface area (Å²) in [6.07, 6.45) is 6.98. The van der Waals surface area contributed by atoms with Crippen molar-refractivity contribution in [2.24, 2.45) is 0 Å². The van der Waals surface area contributed by atoms with Crippen molar-refractivity contribution in [3.05, 3.63) is 71.6 Å². The van der Waals surface area contributed by atoms with Gasteiger partial charge in [0.05, 0.1) is 24.3 Å². The number of carbonyl (C=O) groups excluding carboxylic acids is 1. The van der Waals surface area contributed by atoms with Crippen LogP contribution < -0.4 is 0 Å². The topological polar surface area (TPSA) is 77.2 Å². The van der Waals surface area contributed by atoms with Gasteiger partial charge in [-0.2, -0.15) is 5.26 Å². The third-order valence-electron chi connectivity index (χ3n) is 4.58. The number of carbonyl (C=O) groups is 1. The third kappa shape index (κ3) is 2.92. The van der Waals surface area contributed by atoms with Crippen LogP contribution in [0, 0.1) is 11.3 Å². The highest BCUT2D eigenvalue weighted by molar-refractivity contribution is 5.95. The third-order valence-corrected chi connectivity index (χ3v) is 4.58. The fourth-order valence-corrected chi connectivity index (χ4v) is 3.44. The number of pyridine rings is 1. The fourth-order valence-electron chi connectivity index (χ4n) is 3.44. The Hall–Kier alpha value is -2.97. The molecular formula is C20H19N3O2. The monoisotopic (exact) mass is 333 g/mol. The highest BCUT2D eigenvalue weighted by Crippen LogP contribution is 2.42. The van der Waals surface area contributed by atoms with Gasteiger partial charge in [0.15, 0.2) is 0 Å². The zero-order chi connectivity index (χ0) is 17.8. The van der Waals surface area contributed by atoms with Crippen LogP contribution in [0.3, 0.4) is 0 Å². The minimum atomic E-state index is -0.615. The van der Waals surface area contributed by atoms with Crippen LogP contribution in [0.5, 0.6) is 0 Å². The smallest absolute Gasteiger partial charge is 0.256 e. The van der Waals surface area contributed by atoms with E-state index in [-0.39, 0.29) is 18.4 Å². The van der Waals surface area contributed by atoms with E-state index in [1.165, 1.54) is 11.1 Å². The van der Waals surface area contributed by atoms with Crippen molar-refractivity contribution in [2.75, 3.05) is 6.61 Å². The van der Waals surface area contributed by atoms with E-state index in [4.69, 9.17) is 0 Å². The number of nitrogens with zero attached hydrogens (tertiary/aromatic N) is 3. The first kappa shape index (κ1) is 16.9. The summed E-state index contributed by atoms with van der Waals surface area (Å²) in [7, 11) is 0. The molecular weight excluding hydrogens is 314 g/mol. The van der Waals surface area contributed by atoms with Crippen LogP contribution in [0.1, 0.15) is 34.3 Å². The first-order valence-corrected chi connectivity index (χ1v) is 8.17. The predicted molar refractivity (Wildman–Crippen MR) is 94.6 cm³/mol. The van der Waals surface area contributed by atoms with Crippen molar-refractivity contribution in [3.8, 4) is 6.07 Å². The Morgan fingerprint density at radius 2 is 2.16 bits per heavy atom. The van der Waals surface area contributed by atoms with E-state index in [1.807, 2.05) is 43.3 Å². The van der Waals surface area contributed by atoms with Crippen LogP contribution >= 0.6 is 0 Å². The normalized spacial score (nSPS) is 22.4. The molecule has 2 heterocycles. The van der Waals surface area contributed by atoms with Crippen molar-refractivity contribution >= 4 is 12.0 Å². The fraction of sp³-hybridized carbons (Fsp3) is 0.250. The maximum Gasteiger partial charge on any atom is 0.256 e. The molecule has 126 valence electrons. The molecule has 0 spiro atoms. The zero-order valence-corrected chi connectivity index (χ0v) is 13.9. The molecule has 0 bridgehead atoms. The van der Waals surface area contributed by atoms with Crippen LogP contribution in [0.2, 0.25) is 0 Å². The van der Waals surface area contributed by atoms with Crippen molar-refractivity contribution in [1.29, 1.82) is 5.26 Å². The Labute approximate surface area is 146 Å². The lowest BCUT2D eigenvalue weighted by Gasteiger charge is -2.52. The summed E-state index contributed by atoms with van der Waals surface area (Å²) >= 11 is 0. The van der Waals surface area contributed by atoms with E-state index in [2.05, 4.69) is 11.1 Å². The summed E-state index contributed by atoms with van der Waals surface area (Å²) in [6, 6.07) is 12.3. The molecule has 1 aliphatic rings. The molecule has 0 radical (unpaired) electrons. The van der Waals surface area contributed by atoms with E-state index in [9.17, 15) is 15.2 Å². The van der Waals surface area contributed by atoms with Gasteiger partial charge in [0, 0.05) is 18.3 Å². The quantitative estimate of drug-likeness (QED) is 0.933. The molecule has 1 saturated heterocycles. The van der Waals surface area contributed by atoms with Crippen LogP contribution in [-0.4, -0.2) is 39.6 Å². The first-order chi connectivity index (χ1) is 12.2. The van der Waals surface area contributed by atoms with Gasteiger partial charge in [-0.1, -0.05) is 36.4 Å². The molecule has 1 aromatic heterocycles. The van der Waals surface area contributed by atoms with Crippen LogP contribution in [0.25, 0.3) is 6.08 Å². The Morgan fingerprint density at radius 1 is 1.36 bits per heavy atom. The Balaban J connectivity index is 1.96. The summed E-state index contributed by atoms with van der Waals surface area (Å²) in [4.78, 5) is 18.2. The molecule has 0 aliphatic carbocycles. The lowest BCUT2D eigenvalue weighted by atomic mass is 9.74. The van der Waals surface area contributed by atoms with E-state index >= 15 is 0 Å². The lowest BCUT2D eigenvalue weighted by molar-refractivity contribution is -0.00593. The second-order valence-electron chi connectivity index (χ2n) is 5.93. The summed E-state index contributed by atoms with van der Waals surface area (Å²) in [5.41, 5.74) is 2.39. The SMILES string of the molecule is C/C=C/c1ccccc1[C@@H]1[C@@H](CO)N(C(=O)c2cccnc2)[C@H]1C#N. The van der Waals surface area contributed by atoms with E-state index in [0.29, 0.717) is 5.56 Å². The van der Waals surface area contributed by atoms with Crippen molar-refractivity contribution in [2.45, 2.75) is 24.9 Å². The molecule has 2 aromatic rings. The van der Waals surface area contributed by atoms with Crippen molar-refractivity contribution in [3.63, 3.8) is 0 Å². The average molecular weight is 333 g/mol. The van der Waals surface area contributed by atoms with Gasteiger partial charge in [-0.25, -0.2) is 0 Å². The summed E-state index contributed by atoms with van der Waals surface area (Å²) in [5.74, 6) is -0.499. The zero-order valence-electron chi connectivity index (χ0n) is 13.9. The second-order valence-corrected chi connectivity index (χ2v) is 5.93. The van der Waals surface area contributed by atoms with E-state index in [1.54, 1.807) is 18.3 Å². The molecule has 1 fully saturated rings. The van der Waals surface area contributed by atoms with Crippen molar-refractivity contribution in [1.82, 2.24) is 9.88 Å². The number of hydrogen-bond donors (Lipinski definition) is 1. The summed E-state index contributed by atoms with van der Waals surface area (Å²) in [5, 5.41) is 19.5. The van der Waals surface area contributed by atoms with Gasteiger partial charge in [-0.15, -0.1) is 0 Å². The second kappa shape index (κ2) is 7.29. The number of rotatable bonds is 4. The number of aromatic nitrogens is 1. The Bertz CT molecular complexity index is 826. The van der Waals surface area contributed by atoms with Crippen LogP contribution in [-0.2, 0) is 0 Å². The van der Waals surface area contributed by atoms with E-state index in [0.717, 1.165) is 11.1 Å². The minimum absolute atomic E-state index is 0.195. The Morgan fingerprint density at radius 3 is 2.80 bits per heavy atom. The predicted octanol–water partition coefficient (Wildman–Crippen LogP) is 2.61. The molecule has 1 amide bonds. The molecule has 3 atom stereocenters. The summed E-state index contributed by atoms with van der Waals surface area (Å²) < 4.78 is 0. The maximum atomic E-state index is 12.8. The number of aliphatic hydroxyl groups is 1. The molecule has 1 aliphatic heterocycles. The number of hydrogen-bond acceptors (Lipinski definition) is 4. The van der Waals surface area contributed by atoms with Gasteiger partial charge >= 0.3 is 0 Å². The van der Waals surface area contributed by atoms with Gasteiger partial charge in [0.1, 0.15) is 6.04 Å². The number of amides is 1. The standard InChI is InChI=1S/C20H19N3O2/c1-2-6-14-7-3-4-9-16(14)19-17(11-21)23(18(19)13-24)20(25)15-8-5-10-22-12-15/h2-10,12,17-19,24H,13H2,1H3/b6-2+/t17-,18+,19-/m0/s1. The summed E-state index contributed by atoms with van der Waals surface area (Å²) in [6.45, 7) is 1.74. The molecule has 0 saturated carbocycles. The number of likely N-dealkylation sites (tertiary alicyclic amines) is 1. The molecule has 5 heteroatoms.